The summed E-state index contributed by atoms with van der Waals surface area (Å²) < 4.78 is 26.5. The van der Waals surface area contributed by atoms with Gasteiger partial charge in [0.25, 0.3) is 0 Å². The van der Waals surface area contributed by atoms with Crippen LogP contribution >= 0.6 is 15.9 Å². The third-order valence-electron chi connectivity index (χ3n) is 2.86. The van der Waals surface area contributed by atoms with Crippen LogP contribution < -0.4 is 10.6 Å². The lowest BCUT2D eigenvalue weighted by molar-refractivity contribution is -0.142. The number of benzene rings is 1. The van der Waals surface area contributed by atoms with Crippen LogP contribution in [-0.4, -0.2) is 23.7 Å². The number of amides is 2. The second-order valence-electron chi connectivity index (χ2n) is 4.77. The highest BCUT2D eigenvalue weighted by atomic mass is 79.9. The first-order chi connectivity index (χ1) is 9.72. The number of carboxylic acids is 1. The lowest BCUT2D eigenvalue weighted by Crippen LogP contribution is -2.37. The fourth-order valence-corrected chi connectivity index (χ4v) is 1.94. The van der Waals surface area contributed by atoms with Crippen LogP contribution in [0.15, 0.2) is 16.6 Å². The van der Waals surface area contributed by atoms with Gasteiger partial charge in [-0.25, -0.2) is 13.6 Å². The van der Waals surface area contributed by atoms with Crippen LogP contribution in [0.5, 0.6) is 0 Å². The summed E-state index contributed by atoms with van der Waals surface area (Å²) in [6.07, 6.45) is 0. The van der Waals surface area contributed by atoms with Crippen LogP contribution in [0.4, 0.5) is 19.3 Å². The van der Waals surface area contributed by atoms with E-state index in [0.717, 1.165) is 6.07 Å². The van der Waals surface area contributed by atoms with Gasteiger partial charge in [0, 0.05) is 12.6 Å². The summed E-state index contributed by atoms with van der Waals surface area (Å²) in [5, 5.41) is 13.5. The number of aliphatic carboxylic acids is 1. The van der Waals surface area contributed by atoms with Crippen LogP contribution in [0.3, 0.4) is 0 Å². The Hall–Kier alpha value is -1.70. The van der Waals surface area contributed by atoms with Crippen molar-refractivity contribution in [2.45, 2.75) is 13.8 Å². The van der Waals surface area contributed by atoms with E-state index in [2.05, 4.69) is 26.6 Å². The van der Waals surface area contributed by atoms with E-state index in [1.165, 1.54) is 0 Å². The molecule has 1 rings (SSSR count). The molecule has 0 spiro atoms. The van der Waals surface area contributed by atoms with Crippen molar-refractivity contribution < 1.29 is 23.5 Å². The summed E-state index contributed by atoms with van der Waals surface area (Å²) in [6, 6.07) is 0.953. The Labute approximate surface area is 128 Å². The number of urea groups is 1. The molecule has 5 nitrogen and oxygen atoms in total. The number of nitrogens with one attached hydrogen (secondary N) is 2. The van der Waals surface area contributed by atoms with Gasteiger partial charge >= 0.3 is 12.0 Å². The SMILES string of the molecule is CC(C)C(CNC(=O)Nc1cc(Br)c(F)cc1F)C(=O)O. The average molecular weight is 365 g/mol. The molecule has 3 N–H and O–H groups in total. The van der Waals surface area contributed by atoms with Crippen molar-refractivity contribution in [2.24, 2.45) is 11.8 Å². The van der Waals surface area contributed by atoms with E-state index in [1.54, 1.807) is 13.8 Å². The highest BCUT2D eigenvalue weighted by Gasteiger charge is 2.22. The number of rotatable bonds is 5. The summed E-state index contributed by atoms with van der Waals surface area (Å²) in [6.45, 7) is 3.34. The minimum absolute atomic E-state index is 0.00444. The molecule has 0 aliphatic heterocycles. The fraction of sp³-hybridized carbons (Fsp3) is 0.385. The summed E-state index contributed by atoms with van der Waals surface area (Å²) in [5.74, 6) is -3.66. The standard InChI is InChI=1S/C13H15BrF2N2O3/c1-6(2)7(12(19)20)5-17-13(21)18-11-3-8(14)9(15)4-10(11)16/h3-4,6-7H,5H2,1-2H3,(H,19,20)(H2,17,18,21). The third kappa shape index (κ3) is 4.96. The summed E-state index contributed by atoms with van der Waals surface area (Å²) in [7, 11) is 0. The Bertz CT molecular complexity index is 552. The Morgan fingerprint density at radius 2 is 1.90 bits per heavy atom. The summed E-state index contributed by atoms with van der Waals surface area (Å²) >= 11 is 2.88. The van der Waals surface area contributed by atoms with Crippen LogP contribution in [-0.2, 0) is 4.79 Å². The number of carbonyl (C=O) groups is 2. The summed E-state index contributed by atoms with van der Waals surface area (Å²) in [4.78, 5) is 22.6. The first kappa shape index (κ1) is 17.4. The molecule has 21 heavy (non-hydrogen) atoms. The maximum absolute atomic E-state index is 13.4. The molecule has 0 fully saturated rings. The molecule has 2 amide bonds. The zero-order valence-corrected chi connectivity index (χ0v) is 13.0. The first-order valence-corrected chi connectivity index (χ1v) is 6.94. The predicted molar refractivity (Wildman–Crippen MR) is 77.0 cm³/mol. The Morgan fingerprint density at radius 3 is 2.43 bits per heavy atom. The van der Waals surface area contributed by atoms with Gasteiger partial charge in [-0.05, 0) is 27.9 Å². The Balaban J connectivity index is 2.66. The normalized spacial score (nSPS) is 12.1. The van der Waals surface area contributed by atoms with Crippen LogP contribution in [0.25, 0.3) is 0 Å². The van der Waals surface area contributed by atoms with Gasteiger partial charge in [0.15, 0.2) is 0 Å². The number of halogens is 3. The lowest BCUT2D eigenvalue weighted by Gasteiger charge is -2.17. The molecule has 1 aromatic carbocycles. The van der Waals surface area contributed by atoms with Crippen molar-refractivity contribution in [3.05, 3.63) is 28.2 Å². The van der Waals surface area contributed by atoms with Crippen LogP contribution in [0.1, 0.15) is 13.8 Å². The molecule has 1 unspecified atom stereocenters. The van der Waals surface area contributed by atoms with E-state index in [0.29, 0.717) is 6.07 Å². The molecule has 1 aromatic rings. The fourth-order valence-electron chi connectivity index (χ4n) is 1.60. The molecule has 0 aromatic heterocycles. The molecule has 0 bridgehead atoms. The van der Waals surface area contributed by atoms with Gasteiger partial charge < -0.3 is 15.7 Å². The first-order valence-electron chi connectivity index (χ1n) is 6.14. The van der Waals surface area contributed by atoms with E-state index >= 15 is 0 Å². The highest BCUT2D eigenvalue weighted by molar-refractivity contribution is 9.10. The van der Waals surface area contributed by atoms with Gasteiger partial charge in [-0.3, -0.25) is 4.79 Å². The Morgan fingerprint density at radius 1 is 1.29 bits per heavy atom. The lowest BCUT2D eigenvalue weighted by atomic mass is 9.96. The number of hydrogen-bond acceptors (Lipinski definition) is 2. The van der Waals surface area contributed by atoms with Gasteiger partial charge in [-0.1, -0.05) is 13.8 Å². The molecular weight excluding hydrogens is 350 g/mol. The van der Waals surface area contributed by atoms with Crippen molar-refractivity contribution in [1.82, 2.24) is 5.32 Å². The number of anilines is 1. The van der Waals surface area contributed by atoms with Crippen molar-refractivity contribution >= 4 is 33.6 Å². The highest BCUT2D eigenvalue weighted by Crippen LogP contribution is 2.23. The van der Waals surface area contributed by atoms with Gasteiger partial charge in [-0.15, -0.1) is 0 Å². The Kier molecular flexibility index (Phi) is 6.07. The van der Waals surface area contributed by atoms with E-state index in [9.17, 15) is 18.4 Å². The number of carboxylic acid groups (broad SMARTS) is 1. The summed E-state index contributed by atoms with van der Waals surface area (Å²) in [5.41, 5.74) is -0.211. The van der Waals surface area contributed by atoms with Crippen molar-refractivity contribution in [3.8, 4) is 0 Å². The second-order valence-corrected chi connectivity index (χ2v) is 5.62. The quantitative estimate of drug-likeness (QED) is 0.702. The van der Waals surface area contributed by atoms with Gasteiger partial charge in [0.1, 0.15) is 11.6 Å². The maximum Gasteiger partial charge on any atom is 0.319 e. The minimum atomic E-state index is -1.03. The molecule has 116 valence electrons. The van der Waals surface area contributed by atoms with Crippen LogP contribution in [0, 0.1) is 23.5 Å². The van der Waals surface area contributed by atoms with Gasteiger partial charge in [0.2, 0.25) is 0 Å². The van der Waals surface area contributed by atoms with Crippen molar-refractivity contribution in [2.75, 3.05) is 11.9 Å². The predicted octanol–water partition coefficient (Wildman–Crippen LogP) is 3.21. The molecule has 0 heterocycles. The molecule has 0 aliphatic carbocycles. The number of carbonyl (C=O) groups excluding carboxylic acids is 1. The molecule has 8 heteroatoms. The minimum Gasteiger partial charge on any atom is -0.481 e. The molecule has 0 aliphatic rings. The van der Waals surface area contributed by atoms with Crippen molar-refractivity contribution in [3.63, 3.8) is 0 Å². The molecule has 0 saturated carbocycles. The average Bonchev–Trinajstić information content (AvgIpc) is 2.35. The largest absolute Gasteiger partial charge is 0.481 e. The van der Waals surface area contributed by atoms with Gasteiger partial charge in [-0.2, -0.15) is 0 Å². The van der Waals surface area contributed by atoms with Crippen molar-refractivity contribution in [1.29, 1.82) is 0 Å². The van der Waals surface area contributed by atoms with E-state index in [1.807, 2.05) is 0 Å². The van der Waals surface area contributed by atoms with Gasteiger partial charge in [0.05, 0.1) is 16.1 Å². The molecule has 0 radical (unpaired) electrons. The second kappa shape index (κ2) is 7.35. The van der Waals surface area contributed by atoms with E-state index in [-0.39, 0.29) is 22.6 Å². The van der Waals surface area contributed by atoms with E-state index < -0.39 is 29.6 Å². The van der Waals surface area contributed by atoms with E-state index in [4.69, 9.17) is 5.11 Å². The monoisotopic (exact) mass is 364 g/mol. The molecular formula is C13H15BrF2N2O3. The van der Waals surface area contributed by atoms with Crippen LogP contribution in [0.2, 0.25) is 0 Å². The smallest absolute Gasteiger partial charge is 0.319 e. The maximum atomic E-state index is 13.4. The zero-order chi connectivity index (χ0) is 16.2. The third-order valence-corrected chi connectivity index (χ3v) is 3.47. The zero-order valence-electron chi connectivity index (χ0n) is 11.4. The number of hydrogen-bond donors (Lipinski definition) is 3. The molecule has 0 saturated heterocycles. The molecule has 1 atom stereocenters. The topological polar surface area (TPSA) is 78.4 Å².